The molecule has 32 heavy (non-hydrogen) atoms. The van der Waals surface area contributed by atoms with Gasteiger partial charge in [0.05, 0.1) is 17.4 Å². The first kappa shape index (κ1) is 20.6. The van der Waals surface area contributed by atoms with E-state index in [1.54, 1.807) is 24.3 Å². The number of amides is 1. The van der Waals surface area contributed by atoms with Crippen molar-refractivity contribution in [3.8, 4) is 6.07 Å². The number of carbonyl (C=O) groups is 1. The highest BCUT2D eigenvalue weighted by Gasteiger charge is 2.44. The van der Waals surface area contributed by atoms with Crippen molar-refractivity contribution in [2.75, 3.05) is 5.32 Å². The van der Waals surface area contributed by atoms with Crippen molar-refractivity contribution in [2.45, 2.75) is 38.5 Å². The van der Waals surface area contributed by atoms with Gasteiger partial charge >= 0.3 is 0 Å². The van der Waals surface area contributed by atoms with Crippen molar-refractivity contribution in [3.05, 3.63) is 65.9 Å². The average molecular weight is 429 g/mol. The van der Waals surface area contributed by atoms with Crippen molar-refractivity contribution >= 4 is 22.5 Å². The first-order chi connectivity index (χ1) is 15.5. The summed E-state index contributed by atoms with van der Waals surface area (Å²) in [7, 11) is 0. The Balaban J connectivity index is 1.23. The molecule has 2 heterocycles. The summed E-state index contributed by atoms with van der Waals surface area (Å²) in [4.78, 5) is 21.2. The van der Waals surface area contributed by atoms with E-state index < -0.39 is 0 Å². The second-order valence-corrected chi connectivity index (χ2v) is 9.30. The van der Waals surface area contributed by atoms with Gasteiger partial charge in [0, 0.05) is 17.5 Å². The highest BCUT2D eigenvalue weighted by atomic mass is 19.1. The van der Waals surface area contributed by atoms with Gasteiger partial charge in [0.25, 0.3) is 0 Å². The monoisotopic (exact) mass is 428 g/mol. The molecule has 0 saturated heterocycles. The van der Waals surface area contributed by atoms with Gasteiger partial charge < -0.3 is 5.32 Å². The molecule has 1 aromatic carbocycles. The zero-order valence-corrected chi connectivity index (χ0v) is 18.0. The molecule has 0 aliphatic heterocycles. The van der Waals surface area contributed by atoms with Gasteiger partial charge in [0.15, 0.2) is 0 Å². The number of nitriles is 1. The minimum absolute atomic E-state index is 0.00799. The fraction of sp³-hybridized carbons (Fsp3) is 0.385. The fourth-order valence-electron chi connectivity index (χ4n) is 5.83. The summed E-state index contributed by atoms with van der Waals surface area (Å²) in [6.07, 6.45) is 7.64. The number of nitrogens with zero attached hydrogens (tertiary/aromatic N) is 3. The lowest BCUT2D eigenvalue weighted by Gasteiger charge is -2.21. The summed E-state index contributed by atoms with van der Waals surface area (Å²) in [5.74, 6) is 1.71. The molecule has 0 spiro atoms. The van der Waals surface area contributed by atoms with Gasteiger partial charge in [-0.1, -0.05) is 6.92 Å². The van der Waals surface area contributed by atoms with Crippen LogP contribution in [0.1, 0.15) is 49.8 Å². The van der Waals surface area contributed by atoms with E-state index in [0.29, 0.717) is 35.1 Å². The third-order valence-electron chi connectivity index (χ3n) is 7.50. The second kappa shape index (κ2) is 8.31. The second-order valence-electron chi connectivity index (χ2n) is 9.30. The van der Waals surface area contributed by atoms with Crippen LogP contribution in [-0.4, -0.2) is 15.9 Å². The van der Waals surface area contributed by atoms with Crippen LogP contribution in [0.4, 0.5) is 10.1 Å². The zero-order chi connectivity index (χ0) is 22.2. The van der Waals surface area contributed by atoms with Crippen molar-refractivity contribution < 1.29 is 9.18 Å². The fourth-order valence-corrected chi connectivity index (χ4v) is 5.83. The molecule has 1 amide bonds. The first-order valence-corrected chi connectivity index (χ1v) is 11.2. The molecule has 2 fully saturated rings. The number of pyridine rings is 2. The minimum atomic E-state index is -0.220. The smallest absolute Gasteiger partial charge is 0.227 e. The van der Waals surface area contributed by atoms with Gasteiger partial charge in [-0.3, -0.25) is 9.78 Å². The van der Waals surface area contributed by atoms with Gasteiger partial charge in [-0.15, -0.1) is 0 Å². The molecule has 2 unspecified atom stereocenters. The van der Waals surface area contributed by atoms with Gasteiger partial charge in [-0.25, -0.2) is 9.37 Å². The summed E-state index contributed by atoms with van der Waals surface area (Å²) in [5.41, 5.74) is 3.01. The lowest BCUT2D eigenvalue weighted by molar-refractivity contribution is -0.120. The summed E-state index contributed by atoms with van der Waals surface area (Å²) < 4.78 is 13.9. The molecule has 162 valence electrons. The molecular weight excluding hydrogens is 403 g/mol. The zero-order valence-electron chi connectivity index (χ0n) is 18.0. The molecule has 5 nitrogen and oxygen atoms in total. The van der Waals surface area contributed by atoms with Crippen LogP contribution < -0.4 is 5.32 Å². The van der Waals surface area contributed by atoms with Crippen LogP contribution in [0.15, 0.2) is 48.8 Å². The number of benzene rings is 1. The first-order valence-electron chi connectivity index (χ1n) is 11.2. The highest BCUT2D eigenvalue weighted by molar-refractivity contribution is 5.92. The molecule has 6 heteroatoms. The molecule has 5 atom stereocenters. The Kier molecular flexibility index (Phi) is 5.34. The van der Waals surface area contributed by atoms with Crippen molar-refractivity contribution in [1.82, 2.24) is 9.97 Å². The predicted octanol–water partition coefficient (Wildman–Crippen LogP) is 5.44. The molecule has 3 aromatic rings. The predicted molar refractivity (Wildman–Crippen MR) is 120 cm³/mol. The molecule has 2 aliphatic rings. The summed E-state index contributed by atoms with van der Waals surface area (Å²) in [6, 6.07) is 12.2. The summed E-state index contributed by atoms with van der Waals surface area (Å²) in [6.45, 7) is 2.01. The Morgan fingerprint density at radius 2 is 1.91 bits per heavy atom. The van der Waals surface area contributed by atoms with E-state index in [9.17, 15) is 9.18 Å². The molecule has 0 radical (unpaired) electrons. The molecule has 5 rings (SSSR count). The summed E-state index contributed by atoms with van der Waals surface area (Å²) in [5, 5.41) is 12.7. The Bertz CT molecular complexity index is 1190. The Labute approximate surface area is 186 Å². The van der Waals surface area contributed by atoms with Crippen molar-refractivity contribution in [2.24, 2.45) is 23.7 Å². The standard InChI is InChI=1S/C26H25FN4O/c1-15(26(32)31-22-4-3-21(13-28)30-14-22)16-8-17-10-19(11-18(17)9-16)23-6-7-29-25-5-2-20(27)12-24(23)25/h2-7,12,14-19H,8-11H2,1H3,(H,31,32)/t15-,16?,17-,18+,19?/m1/s1. The number of hydrogen-bond acceptors (Lipinski definition) is 4. The van der Waals surface area contributed by atoms with E-state index in [4.69, 9.17) is 5.26 Å². The molecule has 2 saturated carbocycles. The van der Waals surface area contributed by atoms with Gasteiger partial charge in [0.2, 0.25) is 5.91 Å². The Hall–Kier alpha value is -3.33. The third kappa shape index (κ3) is 3.84. The molecule has 0 bridgehead atoms. The van der Waals surface area contributed by atoms with Crippen LogP contribution in [-0.2, 0) is 4.79 Å². The Morgan fingerprint density at radius 1 is 1.12 bits per heavy atom. The topological polar surface area (TPSA) is 78.7 Å². The lowest BCUT2D eigenvalue weighted by atomic mass is 9.86. The quantitative estimate of drug-likeness (QED) is 0.601. The normalized spacial score (nSPS) is 25.3. The molecule has 2 aromatic heterocycles. The molecular formula is C26H25FN4O. The molecule has 2 aliphatic carbocycles. The summed E-state index contributed by atoms with van der Waals surface area (Å²) >= 11 is 0. The van der Waals surface area contributed by atoms with E-state index in [2.05, 4.69) is 15.3 Å². The van der Waals surface area contributed by atoms with Crippen LogP contribution >= 0.6 is 0 Å². The largest absolute Gasteiger partial charge is 0.324 e. The van der Waals surface area contributed by atoms with Gasteiger partial charge in [0.1, 0.15) is 17.6 Å². The van der Waals surface area contributed by atoms with Crippen LogP contribution in [0.25, 0.3) is 10.9 Å². The van der Waals surface area contributed by atoms with E-state index in [1.165, 1.54) is 17.8 Å². The van der Waals surface area contributed by atoms with Gasteiger partial charge in [-0.05, 0) is 91.3 Å². The maximum absolute atomic E-state index is 13.9. The third-order valence-corrected chi connectivity index (χ3v) is 7.50. The van der Waals surface area contributed by atoms with E-state index in [1.807, 2.05) is 25.3 Å². The van der Waals surface area contributed by atoms with Crippen LogP contribution in [0, 0.1) is 40.8 Å². The van der Waals surface area contributed by atoms with Crippen LogP contribution in [0.5, 0.6) is 0 Å². The van der Waals surface area contributed by atoms with Crippen molar-refractivity contribution in [1.29, 1.82) is 5.26 Å². The van der Waals surface area contributed by atoms with E-state index in [-0.39, 0.29) is 17.6 Å². The van der Waals surface area contributed by atoms with E-state index >= 15 is 0 Å². The minimum Gasteiger partial charge on any atom is -0.324 e. The molecule has 1 N–H and O–H groups in total. The lowest BCUT2D eigenvalue weighted by Crippen LogP contribution is -2.26. The number of halogens is 1. The number of carbonyl (C=O) groups excluding carboxylic acids is 1. The maximum Gasteiger partial charge on any atom is 0.227 e. The van der Waals surface area contributed by atoms with Crippen LogP contribution in [0.3, 0.4) is 0 Å². The number of aromatic nitrogens is 2. The SMILES string of the molecule is C[C@@H](C(=O)Nc1ccc(C#N)nc1)C1C[C@H]2CC(c3ccnc4ccc(F)cc34)C[C@H]2C1. The average Bonchev–Trinajstić information content (AvgIpc) is 3.38. The maximum atomic E-state index is 13.9. The number of nitrogens with one attached hydrogen (secondary N) is 1. The van der Waals surface area contributed by atoms with Crippen molar-refractivity contribution in [3.63, 3.8) is 0 Å². The van der Waals surface area contributed by atoms with Gasteiger partial charge in [-0.2, -0.15) is 5.26 Å². The van der Waals surface area contributed by atoms with E-state index in [0.717, 1.165) is 36.6 Å². The number of fused-ring (bicyclic) bond motifs is 2. The highest BCUT2D eigenvalue weighted by Crippen LogP contribution is 2.54. The number of hydrogen-bond donors (Lipinski definition) is 1. The number of anilines is 1. The van der Waals surface area contributed by atoms with Crippen LogP contribution in [0.2, 0.25) is 0 Å². The Morgan fingerprint density at radius 3 is 2.59 bits per heavy atom. The number of rotatable bonds is 4.